The molecule has 3 amide bonds. The van der Waals surface area contributed by atoms with Crippen LogP contribution in [0.1, 0.15) is 40.7 Å². The van der Waals surface area contributed by atoms with E-state index >= 15 is 0 Å². The summed E-state index contributed by atoms with van der Waals surface area (Å²) >= 11 is 1.39. The second-order valence-corrected chi connectivity index (χ2v) is 9.78. The molecule has 1 fully saturated rings. The first-order valence-electron chi connectivity index (χ1n) is 11.4. The van der Waals surface area contributed by atoms with Gasteiger partial charge in [0, 0.05) is 43.9 Å². The second kappa shape index (κ2) is 9.39. The van der Waals surface area contributed by atoms with E-state index < -0.39 is 5.25 Å². The van der Waals surface area contributed by atoms with Crippen molar-refractivity contribution in [3.63, 3.8) is 0 Å². The van der Waals surface area contributed by atoms with Gasteiger partial charge in [-0.25, -0.2) is 0 Å². The fraction of sp³-hybridized carbons (Fsp3) is 0.360. The number of hydrogen-bond acceptors (Lipinski definition) is 5. The number of amidine groups is 1. The number of amides is 3. The second-order valence-electron chi connectivity index (χ2n) is 8.61. The van der Waals surface area contributed by atoms with Crippen molar-refractivity contribution in [2.45, 2.75) is 37.5 Å². The zero-order chi connectivity index (χ0) is 22.8. The molecule has 8 heteroatoms. The van der Waals surface area contributed by atoms with Crippen LogP contribution in [0.5, 0.6) is 0 Å². The van der Waals surface area contributed by atoms with E-state index in [0.29, 0.717) is 24.3 Å². The molecule has 1 atom stereocenters. The fourth-order valence-electron chi connectivity index (χ4n) is 4.48. The topological polar surface area (TPSA) is 82.1 Å². The third-order valence-corrected chi connectivity index (χ3v) is 7.52. The van der Waals surface area contributed by atoms with Crippen LogP contribution >= 0.6 is 11.8 Å². The maximum absolute atomic E-state index is 12.9. The number of nitrogens with zero attached hydrogens (tertiary/aromatic N) is 3. The largest absolute Gasteiger partial charge is 0.351 e. The van der Waals surface area contributed by atoms with Gasteiger partial charge in [-0.15, -0.1) is 0 Å². The van der Waals surface area contributed by atoms with E-state index in [1.165, 1.54) is 22.9 Å². The van der Waals surface area contributed by atoms with Crippen LogP contribution in [0.25, 0.3) is 0 Å². The molecule has 2 aromatic carbocycles. The summed E-state index contributed by atoms with van der Waals surface area (Å²) in [6, 6.07) is 15.2. The van der Waals surface area contributed by atoms with Gasteiger partial charge in [-0.05, 0) is 54.7 Å². The molecule has 0 unspecified atom stereocenters. The number of benzene rings is 2. The molecule has 0 bridgehead atoms. The zero-order valence-electron chi connectivity index (χ0n) is 18.3. The lowest BCUT2D eigenvalue weighted by atomic mass is 9.99. The molecule has 0 aliphatic carbocycles. The number of thioether (sulfide) groups is 1. The number of fused-ring (bicyclic) bond motifs is 1. The number of anilines is 1. The van der Waals surface area contributed by atoms with Gasteiger partial charge in [-0.3, -0.25) is 14.4 Å². The summed E-state index contributed by atoms with van der Waals surface area (Å²) in [7, 11) is 0. The Hall–Kier alpha value is -3.13. The molecule has 0 radical (unpaired) electrons. The predicted molar refractivity (Wildman–Crippen MR) is 129 cm³/mol. The summed E-state index contributed by atoms with van der Waals surface area (Å²) in [6.07, 6.45) is 3.17. The SMILES string of the molecule is O=C(C[C@H]1SC(N2CCCC2)=NC1=O)Nc1ccc(C(=O)N2CCc3ccccc3C2)cc1. The van der Waals surface area contributed by atoms with Gasteiger partial charge < -0.3 is 15.1 Å². The molecular formula is C25H26N4O3S. The minimum atomic E-state index is -0.469. The van der Waals surface area contributed by atoms with Crippen molar-refractivity contribution in [1.29, 1.82) is 0 Å². The highest BCUT2D eigenvalue weighted by atomic mass is 32.2. The molecule has 2 aromatic rings. The number of likely N-dealkylation sites (tertiary alicyclic amines) is 1. The van der Waals surface area contributed by atoms with Gasteiger partial charge in [0.1, 0.15) is 5.25 Å². The number of rotatable bonds is 4. The van der Waals surface area contributed by atoms with Crippen molar-refractivity contribution in [3.8, 4) is 0 Å². The summed E-state index contributed by atoms with van der Waals surface area (Å²) in [5.41, 5.74) is 3.70. The molecule has 3 heterocycles. The summed E-state index contributed by atoms with van der Waals surface area (Å²) < 4.78 is 0. The molecule has 1 N–H and O–H groups in total. The van der Waals surface area contributed by atoms with Gasteiger partial charge in [0.25, 0.3) is 11.8 Å². The quantitative estimate of drug-likeness (QED) is 0.754. The Morgan fingerprint density at radius 1 is 1.00 bits per heavy atom. The van der Waals surface area contributed by atoms with Crippen LogP contribution in [0.15, 0.2) is 53.5 Å². The minimum Gasteiger partial charge on any atom is -0.351 e. The maximum Gasteiger partial charge on any atom is 0.262 e. The normalized spacial score (nSPS) is 19.9. The van der Waals surface area contributed by atoms with Gasteiger partial charge >= 0.3 is 0 Å². The third-order valence-electron chi connectivity index (χ3n) is 6.31. The van der Waals surface area contributed by atoms with E-state index in [2.05, 4.69) is 27.3 Å². The van der Waals surface area contributed by atoms with E-state index in [-0.39, 0.29) is 24.1 Å². The highest BCUT2D eigenvalue weighted by molar-refractivity contribution is 8.15. The highest BCUT2D eigenvalue weighted by Crippen LogP contribution is 2.29. The molecule has 3 aliphatic heterocycles. The first-order chi connectivity index (χ1) is 16.1. The Kier molecular flexibility index (Phi) is 6.17. The third kappa shape index (κ3) is 4.80. The lowest BCUT2D eigenvalue weighted by Gasteiger charge is -2.29. The van der Waals surface area contributed by atoms with Gasteiger partial charge in [-0.1, -0.05) is 36.0 Å². The Labute approximate surface area is 197 Å². The van der Waals surface area contributed by atoms with Crippen LogP contribution in [0, 0.1) is 0 Å². The number of carbonyl (C=O) groups excluding carboxylic acids is 3. The van der Waals surface area contributed by atoms with Crippen molar-refractivity contribution >= 4 is 40.3 Å². The fourth-order valence-corrected chi connectivity index (χ4v) is 5.60. The van der Waals surface area contributed by atoms with Crippen LogP contribution in [-0.2, 0) is 22.6 Å². The van der Waals surface area contributed by atoms with Crippen LogP contribution in [0.2, 0.25) is 0 Å². The number of carbonyl (C=O) groups is 3. The van der Waals surface area contributed by atoms with Crippen LogP contribution in [0.4, 0.5) is 5.69 Å². The predicted octanol–water partition coefficient (Wildman–Crippen LogP) is 3.31. The summed E-state index contributed by atoms with van der Waals surface area (Å²) in [4.78, 5) is 45.8. The Bertz CT molecular complexity index is 1110. The summed E-state index contributed by atoms with van der Waals surface area (Å²) in [6.45, 7) is 3.16. The zero-order valence-corrected chi connectivity index (χ0v) is 19.1. The Morgan fingerprint density at radius 2 is 1.73 bits per heavy atom. The molecule has 0 saturated carbocycles. The van der Waals surface area contributed by atoms with E-state index in [1.54, 1.807) is 24.3 Å². The van der Waals surface area contributed by atoms with Gasteiger partial charge in [0.05, 0.1) is 0 Å². The lowest BCUT2D eigenvalue weighted by molar-refractivity contribution is -0.121. The summed E-state index contributed by atoms with van der Waals surface area (Å²) in [5.74, 6) is -0.478. The van der Waals surface area contributed by atoms with Crippen molar-refractivity contribution in [2.75, 3.05) is 25.0 Å². The lowest BCUT2D eigenvalue weighted by Crippen LogP contribution is -2.35. The highest BCUT2D eigenvalue weighted by Gasteiger charge is 2.33. The first-order valence-corrected chi connectivity index (χ1v) is 12.2. The van der Waals surface area contributed by atoms with Crippen LogP contribution in [0.3, 0.4) is 0 Å². The summed E-state index contributed by atoms with van der Waals surface area (Å²) in [5, 5.41) is 3.12. The first kappa shape index (κ1) is 21.7. The number of hydrogen-bond donors (Lipinski definition) is 1. The molecule has 7 nitrogen and oxygen atoms in total. The standard InChI is InChI=1S/C25H26N4O3S/c30-22(15-21-23(31)27-25(33-21)28-12-3-4-13-28)26-20-9-7-18(8-10-20)24(32)29-14-11-17-5-1-2-6-19(17)16-29/h1-2,5-10,21H,3-4,11-16H2,(H,26,30)/t21-/m1/s1. The molecule has 5 rings (SSSR count). The van der Waals surface area contributed by atoms with Crippen LogP contribution in [-0.4, -0.2) is 57.6 Å². The molecule has 3 aliphatic rings. The van der Waals surface area contributed by atoms with Gasteiger partial charge in [0.15, 0.2) is 5.17 Å². The van der Waals surface area contributed by atoms with E-state index in [0.717, 1.165) is 37.5 Å². The molecular weight excluding hydrogens is 436 g/mol. The maximum atomic E-state index is 12.9. The van der Waals surface area contributed by atoms with Gasteiger partial charge in [0.2, 0.25) is 5.91 Å². The van der Waals surface area contributed by atoms with Crippen molar-refractivity contribution in [1.82, 2.24) is 9.80 Å². The average molecular weight is 463 g/mol. The average Bonchev–Trinajstić information content (AvgIpc) is 3.49. The van der Waals surface area contributed by atoms with E-state index in [9.17, 15) is 14.4 Å². The molecule has 0 spiro atoms. The molecule has 33 heavy (non-hydrogen) atoms. The Balaban J connectivity index is 1.15. The minimum absolute atomic E-state index is 0.0121. The number of nitrogens with one attached hydrogen (secondary N) is 1. The smallest absolute Gasteiger partial charge is 0.262 e. The monoisotopic (exact) mass is 462 g/mol. The van der Waals surface area contributed by atoms with Gasteiger partial charge in [-0.2, -0.15) is 4.99 Å². The molecule has 1 saturated heterocycles. The number of aliphatic imine (C=N–C) groups is 1. The van der Waals surface area contributed by atoms with Crippen molar-refractivity contribution in [3.05, 3.63) is 65.2 Å². The van der Waals surface area contributed by atoms with E-state index in [4.69, 9.17) is 0 Å². The van der Waals surface area contributed by atoms with Crippen LogP contribution < -0.4 is 5.32 Å². The molecule has 0 aromatic heterocycles. The Morgan fingerprint density at radius 3 is 2.48 bits per heavy atom. The van der Waals surface area contributed by atoms with Crippen molar-refractivity contribution < 1.29 is 14.4 Å². The van der Waals surface area contributed by atoms with Crippen molar-refractivity contribution in [2.24, 2.45) is 4.99 Å². The van der Waals surface area contributed by atoms with E-state index in [1.807, 2.05) is 17.0 Å². The molecule has 170 valence electrons.